The molecule has 1 aliphatic rings. The minimum Gasteiger partial charge on any atom is -0.484 e. The van der Waals surface area contributed by atoms with E-state index in [1.807, 2.05) is 71.6 Å². The summed E-state index contributed by atoms with van der Waals surface area (Å²) in [4.78, 5) is 14.4. The van der Waals surface area contributed by atoms with Gasteiger partial charge >= 0.3 is 0 Å². The molecule has 0 aromatic heterocycles. The third kappa shape index (κ3) is 3.70. The molecular formula is C22H21NO3. The molecule has 0 saturated carbocycles. The average Bonchev–Trinajstić information content (AvgIpc) is 2.72. The van der Waals surface area contributed by atoms with Crippen LogP contribution < -0.4 is 4.74 Å². The minimum absolute atomic E-state index is 0.0117. The van der Waals surface area contributed by atoms with E-state index >= 15 is 0 Å². The van der Waals surface area contributed by atoms with Crippen molar-refractivity contribution in [3.63, 3.8) is 0 Å². The van der Waals surface area contributed by atoms with E-state index < -0.39 is 0 Å². The van der Waals surface area contributed by atoms with Crippen LogP contribution in [-0.4, -0.2) is 37.1 Å². The summed E-state index contributed by atoms with van der Waals surface area (Å²) in [6.45, 7) is 1.74. The zero-order chi connectivity index (χ0) is 17.8. The van der Waals surface area contributed by atoms with Gasteiger partial charge in [0.05, 0.1) is 13.2 Å². The molecule has 1 atom stereocenters. The molecule has 1 aliphatic heterocycles. The summed E-state index contributed by atoms with van der Waals surface area (Å²) in [5, 5.41) is 2.26. The topological polar surface area (TPSA) is 38.8 Å². The molecule has 0 spiro atoms. The maximum atomic E-state index is 12.6. The van der Waals surface area contributed by atoms with Crippen LogP contribution in [0.4, 0.5) is 0 Å². The fraction of sp³-hybridized carbons (Fsp3) is 0.227. The first-order valence-corrected chi connectivity index (χ1v) is 8.85. The normalized spacial score (nSPS) is 17.2. The van der Waals surface area contributed by atoms with Gasteiger partial charge in [0.2, 0.25) is 0 Å². The number of fused-ring (bicyclic) bond motifs is 1. The molecule has 0 radical (unpaired) electrons. The average molecular weight is 347 g/mol. The highest BCUT2D eigenvalue weighted by atomic mass is 16.5. The first kappa shape index (κ1) is 16.6. The predicted molar refractivity (Wildman–Crippen MR) is 101 cm³/mol. The number of hydrogen-bond donors (Lipinski definition) is 0. The number of rotatable bonds is 4. The quantitative estimate of drug-likeness (QED) is 0.720. The van der Waals surface area contributed by atoms with Crippen molar-refractivity contribution in [3.8, 4) is 5.75 Å². The molecule has 1 fully saturated rings. The number of carbonyl (C=O) groups is 1. The van der Waals surface area contributed by atoms with E-state index in [1.165, 1.54) is 0 Å². The Morgan fingerprint density at radius 1 is 1.00 bits per heavy atom. The highest BCUT2D eigenvalue weighted by Gasteiger charge is 2.25. The fourth-order valence-electron chi connectivity index (χ4n) is 3.24. The largest absolute Gasteiger partial charge is 0.484 e. The summed E-state index contributed by atoms with van der Waals surface area (Å²) in [6, 6.07) is 24.0. The number of benzene rings is 3. The van der Waals surface area contributed by atoms with Crippen LogP contribution in [0.2, 0.25) is 0 Å². The van der Waals surface area contributed by atoms with E-state index in [0.717, 1.165) is 16.3 Å². The van der Waals surface area contributed by atoms with Crippen molar-refractivity contribution >= 4 is 16.7 Å². The Kier molecular flexibility index (Phi) is 4.84. The van der Waals surface area contributed by atoms with Crippen LogP contribution in [-0.2, 0) is 9.53 Å². The van der Waals surface area contributed by atoms with E-state index in [0.29, 0.717) is 25.4 Å². The van der Waals surface area contributed by atoms with Gasteiger partial charge in [-0.15, -0.1) is 0 Å². The third-order valence-corrected chi connectivity index (χ3v) is 4.67. The smallest absolute Gasteiger partial charge is 0.260 e. The molecule has 132 valence electrons. The van der Waals surface area contributed by atoms with E-state index in [-0.39, 0.29) is 18.6 Å². The summed E-state index contributed by atoms with van der Waals surface area (Å²) in [7, 11) is 0. The van der Waals surface area contributed by atoms with Gasteiger partial charge in [-0.1, -0.05) is 60.7 Å². The lowest BCUT2D eigenvalue weighted by Gasteiger charge is -2.33. The van der Waals surface area contributed by atoms with Crippen LogP contribution in [0.5, 0.6) is 5.75 Å². The SMILES string of the molecule is O=C(COc1ccc2ccccc2c1)N1CCO[C@@H](c2ccccc2)C1. The van der Waals surface area contributed by atoms with Gasteiger partial charge in [0.1, 0.15) is 11.9 Å². The van der Waals surface area contributed by atoms with Gasteiger partial charge in [-0.25, -0.2) is 0 Å². The van der Waals surface area contributed by atoms with Gasteiger partial charge in [0.25, 0.3) is 5.91 Å². The Morgan fingerprint density at radius 3 is 2.62 bits per heavy atom. The van der Waals surface area contributed by atoms with E-state index in [9.17, 15) is 4.79 Å². The van der Waals surface area contributed by atoms with Gasteiger partial charge in [-0.05, 0) is 28.5 Å². The number of morpholine rings is 1. The van der Waals surface area contributed by atoms with Crippen molar-refractivity contribution in [2.75, 3.05) is 26.3 Å². The molecular weight excluding hydrogens is 326 g/mol. The van der Waals surface area contributed by atoms with Gasteiger partial charge in [0.15, 0.2) is 6.61 Å². The summed E-state index contributed by atoms with van der Waals surface area (Å²) in [5.74, 6) is 0.701. The van der Waals surface area contributed by atoms with Gasteiger partial charge in [0, 0.05) is 6.54 Å². The van der Waals surface area contributed by atoms with Crippen LogP contribution in [0, 0.1) is 0 Å². The summed E-state index contributed by atoms with van der Waals surface area (Å²) < 4.78 is 11.6. The Labute approximate surface area is 153 Å². The summed E-state index contributed by atoms with van der Waals surface area (Å²) in [5.41, 5.74) is 1.10. The third-order valence-electron chi connectivity index (χ3n) is 4.67. The van der Waals surface area contributed by atoms with Crippen molar-refractivity contribution in [2.45, 2.75) is 6.10 Å². The molecule has 4 heteroatoms. The maximum Gasteiger partial charge on any atom is 0.260 e. The Bertz CT molecular complexity index is 894. The summed E-state index contributed by atoms with van der Waals surface area (Å²) >= 11 is 0. The number of amides is 1. The van der Waals surface area contributed by atoms with Gasteiger partial charge in [-0.3, -0.25) is 4.79 Å². The van der Waals surface area contributed by atoms with Crippen molar-refractivity contribution < 1.29 is 14.3 Å². The zero-order valence-electron chi connectivity index (χ0n) is 14.5. The maximum absolute atomic E-state index is 12.6. The lowest BCUT2D eigenvalue weighted by molar-refractivity contribution is -0.141. The zero-order valence-corrected chi connectivity index (χ0v) is 14.5. The van der Waals surface area contributed by atoms with Crippen LogP contribution in [0.3, 0.4) is 0 Å². The monoisotopic (exact) mass is 347 g/mol. The molecule has 4 nitrogen and oxygen atoms in total. The van der Waals surface area contributed by atoms with E-state index in [1.54, 1.807) is 0 Å². The molecule has 0 bridgehead atoms. The first-order chi connectivity index (χ1) is 12.8. The Balaban J connectivity index is 1.38. The molecule has 26 heavy (non-hydrogen) atoms. The van der Waals surface area contributed by atoms with E-state index in [4.69, 9.17) is 9.47 Å². The highest BCUT2D eigenvalue weighted by Crippen LogP contribution is 2.23. The van der Waals surface area contributed by atoms with Crippen LogP contribution in [0.1, 0.15) is 11.7 Å². The molecule has 3 aromatic rings. The highest BCUT2D eigenvalue weighted by molar-refractivity contribution is 5.84. The first-order valence-electron chi connectivity index (χ1n) is 8.85. The number of carbonyl (C=O) groups excluding carboxylic acids is 1. The fourth-order valence-corrected chi connectivity index (χ4v) is 3.24. The molecule has 3 aromatic carbocycles. The van der Waals surface area contributed by atoms with Gasteiger partial charge in [-0.2, -0.15) is 0 Å². The standard InChI is InChI=1S/C22H21NO3/c24-22(16-26-20-11-10-17-6-4-5-9-19(17)14-20)23-12-13-25-21(15-23)18-7-2-1-3-8-18/h1-11,14,21H,12-13,15-16H2/t21-/m1/s1. The van der Waals surface area contributed by atoms with Crippen molar-refractivity contribution in [1.29, 1.82) is 0 Å². The second-order valence-corrected chi connectivity index (χ2v) is 6.41. The van der Waals surface area contributed by atoms with Crippen molar-refractivity contribution in [1.82, 2.24) is 4.90 Å². The van der Waals surface area contributed by atoms with Crippen LogP contribution in [0.25, 0.3) is 10.8 Å². The molecule has 1 saturated heterocycles. The number of hydrogen-bond acceptors (Lipinski definition) is 3. The molecule has 4 rings (SSSR count). The molecule has 0 aliphatic carbocycles. The minimum atomic E-state index is -0.0745. The predicted octanol–water partition coefficient (Wildman–Crippen LogP) is 3.82. The van der Waals surface area contributed by atoms with Crippen molar-refractivity contribution in [2.24, 2.45) is 0 Å². The second-order valence-electron chi connectivity index (χ2n) is 6.41. The lowest BCUT2D eigenvalue weighted by Crippen LogP contribution is -2.44. The van der Waals surface area contributed by atoms with Crippen LogP contribution in [0.15, 0.2) is 72.8 Å². The summed E-state index contributed by atoms with van der Waals surface area (Å²) in [6.07, 6.45) is -0.0745. The Morgan fingerprint density at radius 2 is 1.77 bits per heavy atom. The Hall–Kier alpha value is -2.85. The molecule has 0 N–H and O–H groups in total. The van der Waals surface area contributed by atoms with Gasteiger partial charge < -0.3 is 14.4 Å². The van der Waals surface area contributed by atoms with Crippen LogP contribution >= 0.6 is 0 Å². The lowest BCUT2D eigenvalue weighted by atomic mass is 10.1. The van der Waals surface area contributed by atoms with Crippen molar-refractivity contribution in [3.05, 3.63) is 78.4 Å². The molecule has 0 unspecified atom stereocenters. The molecule has 1 heterocycles. The number of ether oxygens (including phenoxy) is 2. The number of nitrogens with zero attached hydrogens (tertiary/aromatic N) is 1. The van der Waals surface area contributed by atoms with E-state index in [2.05, 4.69) is 6.07 Å². The molecule has 1 amide bonds. The second kappa shape index (κ2) is 7.58.